The van der Waals surface area contributed by atoms with Gasteiger partial charge in [0, 0.05) is 35.2 Å². The molecule has 0 aliphatic rings. The number of rotatable bonds is 12. The summed E-state index contributed by atoms with van der Waals surface area (Å²) in [5.41, 5.74) is 3.06. The van der Waals surface area contributed by atoms with E-state index in [1.807, 2.05) is 42.6 Å². The second-order valence-electron chi connectivity index (χ2n) is 7.88. The highest BCUT2D eigenvalue weighted by atomic mass is 16.5. The SMILES string of the molecule is CCC(CCCCC(=O)Nc1ccc(OC)cc1)NCCc1c[nH]c2ccc(O)cc12. The molecule has 1 atom stereocenters. The van der Waals surface area contributed by atoms with Gasteiger partial charge in [0.1, 0.15) is 11.5 Å². The maximum absolute atomic E-state index is 12.1. The number of aromatic nitrogens is 1. The molecule has 0 saturated carbocycles. The van der Waals surface area contributed by atoms with Crippen molar-refractivity contribution < 1.29 is 14.6 Å². The van der Waals surface area contributed by atoms with E-state index in [0.29, 0.717) is 18.2 Å². The summed E-state index contributed by atoms with van der Waals surface area (Å²) in [6.07, 6.45) is 7.47. The highest BCUT2D eigenvalue weighted by molar-refractivity contribution is 5.90. The van der Waals surface area contributed by atoms with E-state index in [1.165, 1.54) is 5.56 Å². The molecule has 0 saturated heterocycles. The first-order valence-corrected chi connectivity index (χ1v) is 11.0. The lowest BCUT2D eigenvalue weighted by atomic mass is 10.0. The first-order valence-electron chi connectivity index (χ1n) is 11.0. The number of fused-ring (bicyclic) bond motifs is 1. The third-order valence-electron chi connectivity index (χ3n) is 5.65. The summed E-state index contributed by atoms with van der Waals surface area (Å²) in [5.74, 6) is 1.12. The molecule has 1 amide bonds. The van der Waals surface area contributed by atoms with Crippen LogP contribution in [0.1, 0.15) is 44.6 Å². The Hall–Kier alpha value is -2.99. The smallest absolute Gasteiger partial charge is 0.224 e. The van der Waals surface area contributed by atoms with Crippen LogP contribution in [-0.4, -0.2) is 35.7 Å². The Morgan fingerprint density at radius 2 is 1.97 bits per heavy atom. The van der Waals surface area contributed by atoms with E-state index in [0.717, 1.165) is 61.0 Å². The van der Waals surface area contributed by atoms with E-state index < -0.39 is 0 Å². The molecule has 3 rings (SSSR count). The molecular weight excluding hydrogens is 390 g/mol. The summed E-state index contributed by atoms with van der Waals surface area (Å²) < 4.78 is 5.13. The Balaban J connectivity index is 1.34. The number of nitrogens with one attached hydrogen (secondary N) is 3. The molecule has 1 unspecified atom stereocenters. The van der Waals surface area contributed by atoms with Crippen molar-refractivity contribution in [3.63, 3.8) is 0 Å². The van der Waals surface area contributed by atoms with Crippen LogP contribution in [0, 0.1) is 0 Å². The average molecular weight is 424 g/mol. The Labute approximate surface area is 184 Å². The highest BCUT2D eigenvalue weighted by Gasteiger charge is 2.09. The number of phenols is 1. The fraction of sp³-hybridized carbons (Fsp3) is 0.400. The molecule has 1 aromatic heterocycles. The van der Waals surface area contributed by atoms with Crippen LogP contribution in [0.3, 0.4) is 0 Å². The molecule has 0 fully saturated rings. The molecular formula is C25H33N3O3. The molecule has 4 N–H and O–H groups in total. The van der Waals surface area contributed by atoms with Crippen LogP contribution in [0.15, 0.2) is 48.7 Å². The number of ether oxygens (including phenoxy) is 1. The second-order valence-corrected chi connectivity index (χ2v) is 7.88. The van der Waals surface area contributed by atoms with Gasteiger partial charge in [-0.2, -0.15) is 0 Å². The van der Waals surface area contributed by atoms with Gasteiger partial charge in [-0.3, -0.25) is 4.79 Å². The van der Waals surface area contributed by atoms with Crippen molar-refractivity contribution in [1.29, 1.82) is 0 Å². The maximum Gasteiger partial charge on any atom is 0.224 e. The summed E-state index contributed by atoms with van der Waals surface area (Å²) in [7, 11) is 1.62. The van der Waals surface area contributed by atoms with Crippen molar-refractivity contribution in [3.05, 3.63) is 54.2 Å². The van der Waals surface area contributed by atoms with Crippen molar-refractivity contribution in [1.82, 2.24) is 10.3 Å². The fourth-order valence-corrected chi connectivity index (χ4v) is 3.81. The van der Waals surface area contributed by atoms with Crippen molar-refractivity contribution >= 4 is 22.5 Å². The van der Waals surface area contributed by atoms with Crippen LogP contribution in [0.2, 0.25) is 0 Å². The molecule has 1 heterocycles. The quantitative estimate of drug-likeness (QED) is 0.309. The summed E-state index contributed by atoms with van der Waals surface area (Å²) >= 11 is 0. The second kappa shape index (κ2) is 11.4. The normalized spacial score (nSPS) is 12.1. The van der Waals surface area contributed by atoms with Gasteiger partial charge in [0.25, 0.3) is 0 Å². The molecule has 3 aromatic rings. The number of anilines is 1. The zero-order valence-electron chi connectivity index (χ0n) is 18.4. The molecule has 0 bridgehead atoms. The average Bonchev–Trinajstić information content (AvgIpc) is 3.18. The van der Waals surface area contributed by atoms with E-state index in [1.54, 1.807) is 13.2 Å². The summed E-state index contributed by atoms with van der Waals surface area (Å²) in [6.45, 7) is 3.08. The van der Waals surface area contributed by atoms with Crippen LogP contribution in [0.5, 0.6) is 11.5 Å². The number of H-pyrrole nitrogens is 1. The van der Waals surface area contributed by atoms with E-state index in [2.05, 4.69) is 22.5 Å². The Kier molecular flexibility index (Phi) is 8.35. The van der Waals surface area contributed by atoms with Gasteiger partial charge in [-0.25, -0.2) is 0 Å². The molecule has 6 nitrogen and oxygen atoms in total. The van der Waals surface area contributed by atoms with Crippen molar-refractivity contribution in [3.8, 4) is 11.5 Å². The zero-order chi connectivity index (χ0) is 22.1. The lowest BCUT2D eigenvalue weighted by Crippen LogP contribution is -2.30. The predicted molar refractivity (Wildman–Crippen MR) is 126 cm³/mol. The van der Waals surface area contributed by atoms with Crippen LogP contribution in [-0.2, 0) is 11.2 Å². The number of phenolic OH excluding ortho intramolecular Hbond substituents is 1. The van der Waals surface area contributed by atoms with E-state index in [9.17, 15) is 9.90 Å². The highest BCUT2D eigenvalue weighted by Crippen LogP contribution is 2.23. The number of hydrogen-bond acceptors (Lipinski definition) is 4. The summed E-state index contributed by atoms with van der Waals surface area (Å²) in [5, 5.41) is 17.4. The number of aromatic hydroxyl groups is 1. The number of carbonyl (C=O) groups is 1. The van der Waals surface area contributed by atoms with Gasteiger partial charge in [0.05, 0.1) is 7.11 Å². The number of amides is 1. The van der Waals surface area contributed by atoms with Gasteiger partial charge < -0.3 is 25.5 Å². The first-order chi connectivity index (χ1) is 15.1. The van der Waals surface area contributed by atoms with Crippen molar-refractivity contribution in [2.24, 2.45) is 0 Å². The molecule has 31 heavy (non-hydrogen) atoms. The minimum Gasteiger partial charge on any atom is -0.508 e. The number of carbonyl (C=O) groups excluding carboxylic acids is 1. The van der Waals surface area contributed by atoms with Gasteiger partial charge in [-0.05, 0) is 80.3 Å². The minimum atomic E-state index is 0.0498. The van der Waals surface area contributed by atoms with Gasteiger partial charge in [0.15, 0.2) is 0 Å². The molecule has 0 spiro atoms. The zero-order valence-corrected chi connectivity index (χ0v) is 18.4. The molecule has 6 heteroatoms. The topological polar surface area (TPSA) is 86.4 Å². The number of methoxy groups -OCH3 is 1. The van der Waals surface area contributed by atoms with Gasteiger partial charge >= 0.3 is 0 Å². The fourth-order valence-electron chi connectivity index (χ4n) is 3.81. The predicted octanol–water partition coefficient (Wildman–Crippen LogP) is 4.99. The molecule has 0 aliphatic heterocycles. The van der Waals surface area contributed by atoms with Crippen LogP contribution in [0.4, 0.5) is 5.69 Å². The van der Waals surface area contributed by atoms with Gasteiger partial charge in [0.2, 0.25) is 5.91 Å². The summed E-state index contributed by atoms with van der Waals surface area (Å²) in [4.78, 5) is 15.4. The Morgan fingerprint density at radius 1 is 1.16 bits per heavy atom. The lowest BCUT2D eigenvalue weighted by Gasteiger charge is -2.16. The van der Waals surface area contributed by atoms with Gasteiger partial charge in [-0.15, -0.1) is 0 Å². The van der Waals surface area contributed by atoms with E-state index >= 15 is 0 Å². The molecule has 0 aliphatic carbocycles. The third-order valence-corrected chi connectivity index (χ3v) is 5.65. The minimum absolute atomic E-state index is 0.0498. The Bertz CT molecular complexity index is 966. The van der Waals surface area contributed by atoms with Crippen molar-refractivity contribution in [2.75, 3.05) is 19.0 Å². The van der Waals surface area contributed by atoms with Gasteiger partial charge in [-0.1, -0.05) is 13.3 Å². The first kappa shape index (κ1) is 22.7. The van der Waals surface area contributed by atoms with Crippen LogP contribution >= 0.6 is 0 Å². The standard InChI is InChI=1S/C25H33N3O3/c1-3-19(26-15-14-18-17-27-24-13-10-21(29)16-23(18)24)6-4-5-7-25(30)28-20-8-11-22(31-2)12-9-20/h8-13,16-17,19,26-27,29H,3-7,14-15H2,1-2H3,(H,28,30). The molecule has 0 radical (unpaired) electrons. The number of hydrogen-bond donors (Lipinski definition) is 4. The van der Waals surface area contributed by atoms with E-state index in [4.69, 9.17) is 4.74 Å². The number of benzene rings is 2. The van der Waals surface area contributed by atoms with Crippen LogP contribution < -0.4 is 15.4 Å². The Morgan fingerprint density at radius 3 is 2.71 bits per heavy atom. The number of unbranched alkanes of at least 4 members (excludes halogenated alkanes) is 1. The lowest BCUT2D eigenvalue weighted by molar-refractivity contribution is -0.116. The van der Waals surface area contributed by atoms with Crippen LogP contribution in [0.25, 0.3) is 10.9 Å². The van der Waals surface area contributed by atoms with Crippen molar-refractivity contribution in [2.45, 2.75) is 51.5 Å². The van der Waals surface area contributed by atoms with E-state index in [-0.39, 0.29) is 5.91 Å². The third kappa shape index (κ3) is 6.76. The largest absolute Gasteiger partial charge is 0.508 e. The maximum atomic E-state index is 12.1. The summed E-state index contributed by atoms with van der Waals surface area (Å²) in [6, 6.07) is 13.2. The molecule has 166 valence electrons. The number of aromatic amines is 1. The molecule has 2 aromatic carbocycles. The monoisotopic (exact) mass is 423 g/mol.